The maximum Gasteiger partial charge on any atom is 0.337 e. The van der Waals surface area contributed by atoms with Crippen LogP contribution in [-0.4, -0.2) is 44.9 Å². The van der Waals surface area contributed by atoms with E-state index >= 15 is 0 Å². The van der Waals surface area contributed by atoms with E-state index in [1.54, 1.807) is 0 Å². The number of aliphatic carboxylic acids is 1. The minimum absolute atomic E-state index is 0.164. The van der Waals surface area contributed by atoms with Crippen molar-refractivity contribution in [1.29, 1.82) is 0 Å². The summed E-state index contributed by atoms with van der Waals surface area (Å²) in [7, 11) is 0. The first kappa shape index (κ1) is 15.5. The molecule has 1 heterocycles. The highest BCUT2D eigenvalue weighted by Gasteiger charge is 2.29. The summed E-state index contributed by atoms with van der Waals surface area (Å²) in [5.41, 5.74) is -1.86. The lowest BCUT2D eigenvalue weighted by atomic mass is 10.1. The van der Waals surface area contributed by atoms with Crippen LogP contribution in [0.5, 0.6) is 5.88 Å². The highest BCUT2D eigenvalue weighted by molar-refractivity contribution is 5.77. The minimum atomic E-state index is -1.86. The van der Waals surface area contributed by atoms with Gasteiger partial charge in [-0.3, -0.25) is 4.98 Å². The van der Waals surface area contributed by atoms with Crippen molar-refractivity contribution in [2.75, 3.05) is 18.5 Å². The molecule has 116 valence electrons. The number of carbonyl (C=O) groups is 1. The topological polar surface area (TPSA) is 105 Å². The molecule has 0 saturated heterocycles. The average Bonchev–Trinajstić information content (AvgIpc) is 2.97. The molecule has 7 nitrogen and oxygen atoms in total. The fourth-order valence-corrected chi connectivity index (χ4v) is 2.22. The fourth-order valence-electron chi connectivity index (χ4n) is 2.22. The fraction of sp³-hybridized carbons (Fsp3) is 0.643. The number of nitrogens with zero attached hydrogens (tertiary/aromatic N) is 2. The molecule has 0 aromatic carbocycles. The summed E-state index contributed by atoms with van der Waals surface area (Å²) in [5, 5.41) is 21.2. The third-order valence-electron chi connectivity index (χ3n) is 3.63. The van der Waals surface area contributed by atoms with E-state index in [2.05, 4.69) is 15.3 Å². The first-order valence-corrected chi connectivity index (χ1v) is 7.12. The van der Waals surface area contributed by atoms with Gasteiger partial charge in [0.2, 0.25) is 5.88 Å². The minimum Gasteiger partial charge on any atom is -0.479 e. The Bertz CT molecular complexity index is 487. The molecule has 1 aliphatic carbocycles. The molecule has 21 heavy (non-hydrogen) atoms. The molecule has 1 aromatic heterocycles. The summed E-state index contributed by atoms with van der Waals surface area (Å²) < 4.78 is 5.62. The van der Waals surface area contributed by atoms with Crippen molar-refractivity contribution in [1.82, 2.24) is 9.97 Å². The van der Waals surface area contributed by atoms with Gasteiger partial charge in [0, 0.05) is 0 Å². The Kier molecular flexibility index (Phi) is 4.95. The summed E-state index contributed by atoms with van der Waals surface area (Å²) in [6.07, 6.45) is 7.87. The van der Waals surface area contributed by atoms with Crippen molar-refractivity contribution < 1.29 is 19.7 Å². The summed E-state index contributed by atoms with van der Waals surface area (Å²) in [4.78, 5) is 19.0. The zero-order valence-electron chi connectivity index (χ0n) is 12.1. The molecule has 1 saturated carbocycles. The van der Waals surface area contributed by atoms with Gasteiger partial charge in [-0.15, -0.1) is 0 Å². The molecule has 0 aliphatic heterocycles. The molecule has 3 N–H and O–H groups in total. The van der Waals surface area contributed by atoms with E-state index in [1.807, 2.05) is 0 Å². The van der Waals surface area contributed by atoms with Crippen molar-refractivity contribution in [3.8, 4) is 5.88 Å². The van der Waals surface area contributed by atoms with E-state index in [-0.39, 0.29) is 6.54 Å². The van der Waals surface area contributed by atoms with Crippen LogP contribution in [0.4, 0.5) is 5.82 Å². The van der Waals surface area contributed by atoms with Gasteiger partial charge < -0.3 is 20.3 Å². The van der Waals surface area contributed by atoms with Crippen LogP contribution in [-0.2, 0) is 4.79 Å². The number of carboxylic acids is 1. The lowest BCUT2D eigenvalue weighted by Gasteiger charge is -2.18. The van der Waals surface area contributed by atoms with Crippen molar-refractivity contribution >= 4 is 11.8 Å². The van der Waals surface area contributed by atoms with Crippen LogP contribution in [0.2, 0.25) is 0 Å². The van der Waals surface area contributed by atoms with E-state index in [1.165, 1.54) is 45.0 Å². The Hall–Kier alpha value is -1.89. The van der Waals surface area contributed by atoms with E-state index < -0.39 is 11.6 Å². The van der Waals surface area contributed by atoms with Crippen molar-refractivity contribution in [3.05, 3.63) is 12.4 Å². The molecule has 0 radical (unpaired) electrons. The summed E-state index contributed by atoms with van der Waals surface area (Å²) >= 11 is 0. The zero-order valence-corrected chi connectivity index (χ0v) is 12.1. The van der Waals surface area contributed by atoms with Gasteiger partial charge in [0.1, 0.15) is 5.82 Å². The van der Waals surface area contributed by atoms with Crippen LogP contribution in [0.25, 0.3) is 0 Å². The van der Waals surface area contributed by atoms with Crippen molar-refractivity contribution in [2.45, 2.75) is 38.2 Å². The van der Waals surface area contributed by atoms with Gasteiger partial charge in [0.15, 0.2) is 5.60 Å². The van der Waals surface area contributed by atoms with Gasteiger partial charge in [-0.2, -0.15) is 4.98 Å². The quantitative estimate of drug-likeness (QED) is 0.696. The number of aliphatic hydroxyl groups is 1. The van der Waals surface area contributed by atoms with Gasteiger partial charge >= 0.3 is 5.97 Å². The standard InChI is InChI=1S/C14H21N3O4/c1-14(20,13(18)19)9-16-11-6-15-7-12(17-11)21-8-10-4-2-3-5-10/h6-7,10,20H,2-5,8-9H2,1H3,(H,16,17)(H,18,19). The lowest BCUT2D eigenvalue weighted by Crippen LogP contribution is -2.41. The molecule has 0 amide bonds. The molecule has 0 spiro atoms. The normalized spacial score (nSPS) is 18.2. The van der Waals surface area contributed by atoms with Crippen molar-refractivity contribution in [2.24, 2.45) is 5.92 Å². The first-order chi connectivity index (χ1) is 9.97. The molecule has 2 rings (SSSR count). The maximum atomic E-state index is 10.8. The highest BCUT2D eigenvalue weighted by Crippen LogP contribution is 2.25. The summed E-state index contributed by atoms with van der Waals surface area (Å²) in [6.45, 7) is 1.68. The van der Waals surface area contributed by atoms with Crippen LogP contribution < -0.4 is 10.1 Å². The van der Waals surface area contributed by atoms with Crippen LogP contribution in [0, 0.1) is 5.92 Å². The SMILES string of the molecule is CC(O)(CNc1cncc(OCC2CCCC2)n1)C(=O)O. The second-order valence-electron chi connectivity index (χ2n) is 5.64. The van der Waals surface area contributed by atoms with E-state index in [0.29, 0.717) is 24.2 Å². The van der Waals surface area contributed by atoms with Gasteiger partial charge in [0.25, 0.3) is 0 Å². The van der Waals surface area contributed by atoms with Crippen LogP contribution in [0.3, 0.4) is 0 Å². The molecule has 7 heteroatoms. The molecule has 0 bridgehead atoms. The van der Waals surface area contributed by atoms with Gasteiger partial charge in [-0.05, 0) is 25.7 Å². The molecule has 1 aromatic rings. The second-order valence-corrected chi connectivity index (χ2v) is 5.64. The number of nitrogens with one attached hydrogen (secondary N) is 1. The molecular formula is C14H21N3O4. The maximum absolute atomic E-state index is 10.8. The van der Waals surface area contributed by atoms with Crippen LogP contribution in [0.15, 0.2) is 12.4 Å². The Morgan fingerprint density at radius 1 is 1.48 bits per heavy atom. The number of hydrogen-bond donors (Lipinski definition) is 3. The second kappa shape index (κ2) is 6.71. The first-order valence-electron chi connectivity index (χ1n) is 7.12. The Morgan fingerprint density at radius 2 is 2.19 bits per heavy atom. The van der Waals surface area contributed by atoms with Crippen molar-refractivity contribution in [3.63, 3.8) is 0 Å². The number of ether oxygens (including phenoxy) is 1. The molecule has 1 fully saturated rings. The molecule has 1 aliphatic rings. The van der Waals surface area contributed by atoms with Gasteiger partial charge in [0.05, 0.1) is 25.5 Å². The number of rotatable bonds is 7. The lowest BCUT2D eigenvalue weighted by molar-refractivity contribution is -0.155. The third kappa shape index (κ3) is 4.56. The summed E-state index contributed by atoms with van der Waals surface area (Å²) in [6, 6.07) is 0. The highest BCUT2D eigenvalue weighted by atomic mass is 16.5. The zero-order chi connectivity index (χ0) is 15.3. The Balaban J connectivity index is 1.86. The van der Waals surface area contributed by atoms with Gasteiger partial charge in [-0.25, -0.2) is 4.79 Å². The number of hydrogen-bond acceptors (Lipinski definition) is 6. The third-order valence-corrected chi connectivity index (χ3v) is 3.63. The Labute approximate surface area is 123 Å². The monoisotopic (exact) mass is 295 g/mol. The molecule has 1 atom stereocenters. The average molecular weight is 295 g/mol. The number of aromatic nitrogens is 2. The van der Waals surface area contributed by atoms with E-state index in [4.69, 9.17) is 9.84 Å². The smallest absolute Gasteiger partial charge is 0.337 e. The largest absolute Gasteiger partial charge is 0.479 e. The van der Waals surface area contributed by atoms with E-state index in [0.717, 1.165) is 0 Å². The number of carboxylic acid groups (broad SMARTS) is 1. The van der Waals surface area contributed by atoms with Crippen LogP contribution >= 0.6 is 0 Å². The Morgan fingerprint density at radius 3 is 2.86 bits per heavy atom. The molecule has 1 unspecified atom stereocenters. The van der Waals surface area contributed by atoms with Crippen LogP contribution in [0.1, 0.15) is 32.6 Å². The number of anilines is 1. The molecular weight excluding hydrogens is 274 g/mol. The van der Waals surface area contributed by atoms with Gasteiger partial charge in [-0.1, -0.05) is 12.8 Å². The predicted molar refractivity (Wildman–Crippen MR) is 76.2 cm³/mol. The summed E-state index contributed by atoms with van der Waals surface area (Å²) in [5.74, 6) is 0.0649. The van der Waals surface area contributed by atoms with E-state index in [9.17, 15) is 9.90 Å². The predicted octanol–water partition coefficient (Wildman–Crippen LogP) is 1.29.